The highest BCUT2D eigenvalue weighted by Gasteiger charge is 2.34. The summed E-state index contributed by atoms with van der Waals surface area (Å²) in [5.41, 5.74) is 17.1. The first kappa shape index (κ1) is 7.07. The van der Waals surface area contributed by atoms with Gasteiger partial charge in [-0.2, -0.15) is 4.99 Å². The number of nitrogens with one attached hydrogen (secondary N) is 1. The topological polar surface area (TPSA) is 129 Å². The molecule has 12 heavy (non-hydrogen) atoms. The summed E-state index contributed by atoms with van der Waals surface area (Å²) in [5.74, 6) is -0.748. The zero-order valence-electron chi connectivity index (χ0n) is 6.15. The second-order valence-corrected chi connectivity index (χ2v) is 2.54. The first-order valence-electron chi connectivity index (χ1n) is 3.28. The third kappa shape index (κ3) is 0.840. The fraction of sp³-hybridized carbons (Fsp3) is 0.200. The van der Waals surface area contributed by atoms with Gasteiger partial charge in [-0.15, -0.1) is 0 Å². The summed E-state index contributed by atoms with van der Waals surface area (Å²) in [4.78, 5) is 7.71. The molecule has 1 radical (unpaired) electrons. The monoisotopic (exact) mass is 166 g/mol. The minimum atomic E-state index is -1.27. The zero-order chi connectivity index (χ0) is 8.77. The van der Waals surface area contributed by atoms with Gasteiger partial charge in [0, 0.05) is 0 Å². The van der Waals surface area contributed by atoms with Crippen molar-refractivity contribution in [2.24, 2.45) is 27.2 Å². The Morgan fingerprint density at radius 1 is 1.42 bits per heavy atom. The second kappa shape index (κ2) is 1.96. The lowest BCUT2D eigenvalue weighted by atomic mass is 10.2. The summed E-state index contributed by atoms with van der Waals surface area (Å²) in [6, 6.07) is 0. The molecule has 7 nitrogen and oxygen atoms in total. The Kier molecular flexibility index (Phi) is 1.15. The van der Waals surface area contributed by atoms with Gasteiger partial charge in [-0.1, -0.05) is 0 Å². The van der Waals surface area contributed by atoms with Crippen LogP contribution in [0, 0.1) is 0 Å². The van der Waals surface area contributed by atoms with Gasteiger partial charge in [-0.05, 0) is 0 Å². The molecule has 0 aromatic heterocycles. The van der Waals surface area contributed by atoms with Crippen LogP contribution in [0.15, 0.2) is 21.5 Å². The Hall–Kier alpha value is -1.60. The molecule has 0 saturated carbocycles. The van der Waals surface area contributed by atoms with E-state index in [9.17, 15) is 0 Å². The molecule has 7 N–H and O–H groups in total. The summed E-state index contributed by atoms with van der Waals surface area (Å²) in [5, 5.41) is 6.40. The van der Waals surface area contributed by atoms with E-state index in [1.54, 1.807) is 0 Å². The summed E-state index contributed by atoms with van der Waals surface area (Å²) >= 11 is 0. The van der Waals surface area contributed by atoms with Gasteiger partial charge in [-0.3, -0.25) is 11.5 Å². The van der Waals surface area contributed by atoms with Crippen molar-refractivity contribution in [1.82, 2.24) is 10.6 Å². The predicted molar refractivity (Wildman–Crippen MR) is 43.5 cm³/mol. The van der Waals surface area contributed by atoms with Crippen molar-refractivity contribution < 1.29 is 0 Å². The standard InChI is InChI=1S/C5H8N7/c6-4-11-3-2(9-1-10-3)5(7,8)12-4/h1H,7-8H2,(H3,6,11,12). The fourth-order valence-corrected chi connectivity index (χ4v) is 1.05. The molecule has 2 rings (SSSR count). The molecule has 0 aliphatic carbocycles. The first-order valence-corrected chi connectivity index (χ1v) is 3.28. The van der Waals surface area contributed by atoms with Crippen molar-refractivity contribution in [3.8, 4) is 0 Å². The normalized spacial score (nSPS) is 24.3. The average Bonchev–Trinajstić information content (AvgIpc) is 2.32. The summed E-state index contributed by atoms with van der Waals surface area (Å²) in [6.45, 7) is 0. The van der Waals surface area contributed by atoms with Crippen molar-refractivity contribution in [2.75, 3.05) is 0 Å². The van der Waals surface area contributed by atoms with Crippen LogP contribution in [-0.4, -0.2) is 18.1 Å². The molecule has 2 aliphatic rings. The average molecular weight is 166 g/mol. The van der Waals surface area contributed by atoms with Crippen LogP contribution >= 0.6 is 0 Å². The molecule has 7 heteroatoms. The van der Waals surface area contributed by atoms with E-state index in [4.69, 9.17) is 17.2 Å². The number of hydrogen-bond donors (Lipinski definition) is 4. The van der Waals surface area contributed by atoms with Crippen LogP contribution in [0.1, 0.15) is 0 Å². The van der Waals surface area contributed by atoms with E-state index in [0.717, 1.165) is 0 Å². The molecule has 0 aromatic rings. The lowest BCUT2D eigenvalue weighted by molar-refractivity contribution is 0.464. The third-order valence-electron chi connectivity index (χ3n) is 1.53. The molecule has 0 fully saturated rings. The van der Waals surface area contributed by atoms with E-state index < -0.39 is 5.79 Å². The molecule has 0 bridgehead atoms. The quantitative estimate of drug-likeness (QED) is 0.291. The van der Waals surface area contributed by atoms with Crippen molar-refractivity contribution in [1.29, 1.82) is 0 Å². The predicted octanol–water partition coefficient (Wildman–Crippen LogP) is -2.71. The molecule has 2 heterocycles. The summed E-state index contributed by atoms with van der Waals surface area (Å²) in [6.07, 6.45) is 1.34. The highest BCUT2D eigenvalue weighted by molar-refractivity contribution is 5.83. The molecule has 0 unspecified atom stereocenters. The van der Waals surface area contributed by atoms with E-state index in [-0.39, 0.29) is 5.96 Å². The molecule has 63 valence electrons. The second-order valence-electron chi connectivity index (χ2n) is 2.54. The van der Waals surface area contributed by atoms with Crippen LogP contribution in [0.2, 0.25) is 0 Å². The van der Waals surface area contributed by atoms with E-state index in [0.29, 0.717) is 11.5 Å². The number of guanidine groups is 1. The van der Waals surface area contributed by atoms with Crippen molar-refractivity contribution in [3.05, 3.63) is 11.5 Å². The maximum absolute atomic E-state index is 5.63. The largest absolute Gasteiger partial charge is 0.370 e. The number of rotatable bonds is 0. The Labute approximate surface area is 68.4 Å². The molecule has 0 amide bonds. The summed E-state index contributed by atoms with van der Waals surface area (Å²) in [7, 11) is 0. The van der Waals surface area contributed by atoms with Crippen LogP contribution in [0.3, 0.4) is 0 Å². The van der Waals surface area contributed by atoms with Gasteiger partial charge in [0.2, 0.25) is 0 Å². The van der Waals surface area contributed by atoms with Gasteiger partial charge in [0.25, 0.3) is 0 Å². The molecule has 0 atom stereocenters. The van der Waals surface area contributed by atoms with Crippen LogP contribution in [0.5, 0.6) is 0 Å². The Morgan fingerprint density at radius 3 is 2.92 bits per heavy atom. The van der Waals surface area contributed by atoms with Crippen LogP contribution < -0.4 is 27.8 Å². The molecule has 0 spiro atoms. The molecule has 2 aliphatic heterocycles. The Balaban J connectivity index is 2.47. The lowest BCUT2D eigenvalue weighted by Gasteiger charge is -2.28. The van der Waals surface area contributed by atoms with Gasteiger partial charge >= 0.3 is 0 Å². The third-order valence-corrected chi connectivity index (χ3v) is 1.53. The van der Waals surface area contributed by atoms with E-state index >= 15 is 0 Å². The first-order chi connectivity index (χ1) is 5.59. The SMILES string of the molecule is NC1=NC2=C(N=C[N]2)C(N)(N)N1. The van der Waals surface area contributed by atoms with Crippen molar-refractivity contribution in [3.63, 3.8) is 0 Å². The number of nitrogens with two attached hydrogens (primary N) is 3. The lowest BCUT2D eigenvalue weighted by Crippen LogP contribution is -2.66. The van der Waals surface area contributed by atoms with Gasteiger partial charge in [-0.25, -0.2) is 10.3 Å². The van der Waals surface area contributed by atoms with E-state index in [2.05, 4.69) is 20.6 Å². The van der Waals surface area contributed by atoms with Crippen molar-refractivity contribution in [2.45, 2.75) is 5.79 Å². The minimum absolute atomic E-state index is 0.146. The molecule has 0 aromatic carbocycles. The van der Waals surface area contributed by atoms with Gasteiger partial charge in [0.05, 0.1) is 0 Å². The maximum atomic E-state index is 5.63. The van der Waals surface area contributed by atoms with E-state index in [1.165, 1.54) is 6.34 Å². The van der Waals surface area contributed by atoms with Crippen LogP contribution in [-0.2, 0) is 0 Å². The molecular formula is C5H8N7. The number of hydrogen-bond acceptors (Lipinski definition) is 6. The smallest absolute Gasteiger partial charge is 0.198 e. The van der Waals surface area contributed by atoms with Crippen LogP contribution in [0.4, 0.5) is 0 Å². The van der Waals surface area contributed by atoms with Crippen LogP contribution in [0.25, 0.3) is 0 Å². The van der Waals surface area contributed by atoms with E-state index in [1.807, 2.05) is 0 Å². The fourth-order valence-electron chi connectivity index (χ4n) is 1.05. The highest BCUT2D eigenvalue weighted by atomic mass is 15.4. The zero-order valence-corrected chi connectivity index (χ0v) is 6.15. The minimum Gasteiger partial charge on any atom is -0.370 e. The van der Waals surface area contributed by atoms with Gasteiger partial charge in [0.1, 0.15) is 12.0 Å². The molecular weight excluding hydrogens is 158 g/mol. The van der Waals surface area contributed by atoms with Gasteiger partial charge in [0.15, 0.2) is 17.6 Å². The maximum Gasteiger partial charge on any atom is 0.198 e. The summed E-state index contributed by atoms with van der Waals surface area (Å²) < 4.78 is 0. The Morgan fingerprint density at radius 2 is 2.17 bits per heavy atom. The van der Waals surface area contributed by atoms with Gasteiger partial charge < -0.3 is 11.1 Å². The number of nitrogens with zero attached hydrogens (tertiary/aromatic N) is 3. The Bertz CT molecular complexity index is 310. The molecule has 0 saturated heterocycles. The van der Waals surface area contributed by atoms with Crippen molar-refractivity contribution >= 4 is 12.3 Å². The highest BCUT2D eigenvalue weighted by Crippen LogP contribution is 2.19. The number of aliphatic imine (C=N–C) groups is 2.